The van der Waals surface area contributed by atoms with Crippen molar-refractivity contribution in [3.8, 4) is 11.5 Å². The molecule has 2 aromatic carbocycles. The topological polar surface area (TPSA) is 35.2 Å². The van der Waals surface area contributed by atoms with Gasteiger partial charge in [-0.25, -0.2) is 0 Å². The molecule has 0 atom stereocenters. The Bertz CT molecular complexity index is 575. The summed E-state index contributed by atoms with van der Waals surface area (Å²) in [6.45, 7) is 0.373. The van der Waals surface area contributed by atoms with Gasteiger partial charge in [-0.1, -0.05) is 45.2 Å². The van der Waals surface area contributed by atoms with Gasteiger partial charge in [0.2, 0.25) is 0 Å². The number of ether oxygens (including phenoxy) is 1. The molecule has 2 nitrogen and oxygen atoms in total. The summed E-state index contributed by atoms with van der Waals surface area (Å²) in [6.07, 6.45) is 0. The highest BCUT2D eigenvalue weighted by Crippen LogP contribution is 2.34. The van der Waals surface area contributed by atoms with Crippen molar-refractivity contribution in [2.24, 2.45) is 5.73 Å². The van der Waals surface area contributed by atoms with Gasteiger partial charge in [0, 0.05) is 21.6 Å². The Balaban J connectivity index is 2.38. The molecular weight excluding hydrogens is 337 g/mol. The fourth-order valence-corrected chi connectivity index (χ4v) is 2.12. The molecule has 0 saturated heterocycles. The summed E-state index contributed by atoms with van der Waals surface area (Å²) in [5.41, 5.74) is 6.53. The summed E-state index contributed by atoms with van der Waals surface area (Å²) in [7, 11) is 0. The van der Waals surface area contributed by atoms with E-state index >= 15 is 0 Å². The van der Waals surface area contributed by atoms with Gasteiger partial charge in [0.25, 0.3) is 0 Å². The molecule has 0 fully saturated rings. The van der Waals surface area contributed by atoms with Crippen LogP contribution in [0.15, 0.2) is 40.9 Å². The van der Waals surface area contributed by atoms with E-state index in [-0.39, 0.29) is 0 Å². The van der Waals surface area contributed by atoms with E-state index in [9.17, 15) is 0 Å². The van der Waals surface area contributed by atoms with Crippen molar-refractivity contribution in [1.82, 2.24) is 0 Å². The van der Waals surface area contributed by atoms with E-state index in [1.165, 1.54) is 0 Å². The lowest BCUT2D eigenvalue weighted by Gasteiger charge is -2.12. The van der Waals surface area contributed by atoms with Crippen LogP contribution >= 0.6 is 39.1 Å². The van der Waals surface area contributed by atoms with Crippen LogP contribution < -0.4 is 10.5 Å². The first-order valence-corrected chi connectivity index (χ1v) is 6.76. The van der Waals surface area contributed by atoms with E-state index in [1.54, 1.807) is 24.3 Å². The molecule has 0 unspecified atom stereocenters. The molecule has 5 heteroatoms. The van der Waals surface area contributed by atoms with Crippen molar-refractivity contribution in [3.05, 3.63) is 56.5 Å². The fraction of sp³-hybridized carbons (Fsp3) is 0.0769. The average Bonchev–Trinajstić information content (AvgIpc) is 2.34. The zero-order valence-electron chi connectivity index (χ0n) is 9.29. The standard InChI is InChI=1S/C13H10BrCl2NO/c14-9-2-4-11(16)13(5-9)18-12-6-10(15)3-1-8(12)7-17/h1-6H,7,17H2. The zero-order chi connectivity index (χ0) is 13.1. The normalized spacial score (nSPS) is 10.4. The van der Waals surface area contributed by atoms with Crippen molar-refractivity contribution in [3.63, 3.8) is 0 Å². The number of halogens is 3. The third-order valence-corrected chi connectivity index (χ3v) is 3.40. The van der Waals surface area contributed by atoms with E-state index in [1.807, 2.05) is 12.1 Å². The van der Waals surface area contributed by atoms with E-state index < -0.39 is 0 Å². The molecule has 0 aromatic heterocycles. The molecule has 2 N–H and O–H groups in total. The molecule has 2 rings (SSSR count). The number of nitrogens with two attached hydrogens (primary N) is 1. The van der Waals surface area contributed by atoms with Gasteiger partial charge in [-0.15, -0.1) is 0 Å². The molecular formula is C13H10BrCl2NO. The summed E-state index contributed by atoms with van der Waals surface area (Å²) in [5, 5.41) is 1.12. The average molecular weight is 347 g/mol. The van der Waals surface area contributed by atoms with Crippen LogP contribution in [0.1, 0.15) is 5.56 Å². The lowest BCUT2D eigenvalue weighted by atomic mass is 10.2. The van der Waals surface area contributed by atoms with E-state index in [0.29, 0.717) is 28.1 Å². The molecule has 0 aliphatic carbocycles. The highest BCUT2D eigenvalue weighted by atomic mass is 79.9. The quantitative estimate of drug-likeness (QED) is 0.848. The first kappa shape index (κ1) is 13.7. The summed E-state index contributed by atoms with van der Waals surface area (Å²) in [6, 6.07) is 10.7. The Kier molecular flexibility index (Phi) is 4.51. The Labute approximate surface area is 124 Å². The lowest BCUT2D eigenvalue weighted by molar-refractivity contribution is 0.476. The van der Waals surface area contributed by atoms with Crippen LogP contribution in [0, 0.1) is 0 Å². The van der Waals surface area contributed by atoms with Crippen LogP contribution in [0.4, 0.5) is 0 Å². The summed E-state index contributed by atoms with van der Waals surface area (Å²) < 4.78 is 6.65. The minimum absolute atomic E-state index is 0.373. The van der Waals surface area contributed by atoms with Crippen molar-refractivity contribution < 1.29 is 4.74 Å². The number of rotatable bonds is 3. The van der Waals surface area contributed by atoms with Crippen molar-refractivity contribution in [2.45, 2.75) is 6.54 Å². The van der Waals surface area contributed by atoms with E-state index in [4.69, 9.17) is 33.7 Å². The summed E-state index contributed by atoms with van der Waals surface area (Å²) in [4.78, 5) is 0. The second-order valence-electron chi connectivity index (χ2n) is 3.63. The lowest BCUT2D eigenvalue weighted by Crippen LogP contribution is -1.99. The maximum atomic E-state index is 6.07. The van der Waals surface area contributed by atoms with Crippen LogP contribution in [-0.2, 0) is 6.54 Å². The van der Waals surface area contributed by atoms with Crippen molar-refractivity contribution in [1.29, 1.82) is 0 Å². The molecule has 0 spiro atoms. The van der Waals surface area contributed by atoms with Gasteiger partial charge in [0.15, 0.2) is 0 Å². The highest BCUT2D eigenvalue weighted by Gasteiger charge is 2.08. The maximum absolute atomic E-state index is 6.07. The molecule has 18 heavy (non-hydrogen) atoms. The minimum Gasteiger partial charge on any atom is -0.455 e. The number of hydrogen-bond donors (Lipinski definition) is 1. The van der Waals surface area contributed by atoms with Crippen LogP contribution in [0.3, 0.4) is 0 Å². The van der Waals surface area contributed by atoms with Gasteiger partial charge in [-0.05, 0) is 30.3 Å². The summed E-state index contributed by atoms with van der Waals surface area (Å²) >= 11 is 15.4. The Hall–Kier alpha value is -0.740. The molecule has 0 radical (unpaired) electrons. The van der Waals surface area contributed by atoms with Crippen LogP contribution in [0.2, 0.25) is 10.0 Å². The Morgan fingerprint density at radius 1 is 1.06 bits per heavy atom. The van der Waals surface area contributed by atoms with Gasteiger partial charge >= 0.3 is 0 Å². The predicted molar refractivity (Wildman–Crippen MR) is 78.6 cm³/mol. The largest absolute Gasteiger partial charge is 0.455 e. The maximum Gasteiger partial charge on any atom is 0.147 e. The summed E-state index contributed by atoms with van der Waals surface area (Å²) in [5.74, 6) is 1.17. The van der Waals surface area contributed by atoms with Crippen molar-refractivity contribution >= 4 is 39.1 Å². The molecule has 0 amide bonds. The molecule has 0 aliphatic heterocycles. The molecule has 0 aliphatic rings. The molecule has 0 saturated carbocycles. The third-order valence-electron chi connectivity index (χ3n) is 2.36. The molecule has 2 aromatic rings. The van der Waals surface area contributed by atoms with Crippen molar-refractivity contribution in [2.75, 3.05) is 0 Å². The number of hydrogen-bond acceptors (Lipinski definition) is 2. The molecule has 94 valence electrons. The van der Waals surface area contributed by atoms with Gasteiger partial charge in [0.1, 0.15) is 11.5 Å². The van der Waals surface area contributed by atoms with E-state index in [2.05, 4.69) is 15.9 Å². The fourth-order valence-electron chi connectivity index (χ4n) is 1.47. The first-order chi connectivity index (χ1) is 8.60. The zero-order valence-corrected chi connectivity index (χ0v) is 12.4. The van der Waals surface area contributed by atoms with Gasteiger partial charge in [-0.3, -0.25) is 0 Å². The van der Waals surface area contributed by atoms with E-state index in [0.717, 1.165) is 10.0 Å². The van der Waals surface area contributed by atoms with Crippen LogP contribution in [0.25, 0.3) is 0 Å². The Morgan fingerprint density at radius 2 is 1.83 bits per heavy atom. The van der Waals surface area contributed by atoms with Crippen LogP contribution in [0.5, 0.6) is 11.5 Å². The second-order valence-corrected chi connectivity index (χ2v) is 5.39. The number of benzene rings is 2. The Morgan fingerprint density at radius 3 is 2.56 bits per heavy atom. The molecule has 0 bridgehead atoms. The predicted octanol–water partition coefficient (Wildman–Crippen LogP) is 5.01. The first-order valence-electron chi connectivity index (χ1n) is 5.21. The smallest absolute Gasteiger partial charge is 0.147 e. The minimum atomic E-state index is 0.373. The monoisotopic (exact) mass is 345 g/mol. The third kappa shape index (κ3) is 3.18. The highest BCUT2D eigenvalue weighted by molar-refractivity contribution is 9.10. The van der Waals surface area contributed by atoms with Crippen LogP contribution in [-0.4, -0.2) is 0 Å². The molecule has 0 heterocycles. The van der Waals surface area contributed by atoms with Gasteiger partial charge in [-0.2, -0.15) is 0 Å². The van der Waals surface area contributed by atoms with Gasteiger partial charge < -0.3 is 10.5 Å². The SMILES string of the molecule is NCc1ccc(Cl)cc1Oc1cc(Br)ccc1Cl. The van der Waals surface area contributed by atoms with Gasteiger partial charge in [0.05, 0.1) is 5.02 Å². The second kappa shape index (κ2) is 5.93.